The molecule has 2 aliphatic rings. The molecule has 0 aliphatic heterocycles. The van der Waals surface area contributed by atoms with E-state index in [-0.39, 0.29) is 23.2 Å². The summed E-state index contributed by atoms with van der Waals surface area (Å²) in [6, 6.07) is 7.04. The number of alkyl halides is 6. The highest BCUT2D eigenvalue weighted by Crippen LogP contribution is 2.51. The van der Waals surface area contributed by atoms with Gasteiger partial charge in [0.05, 0.1) is 6.26 Å². The van der Waals surface area contributed by atoms with Crippen LogP contribution in [-0.2, 0) is 12.6 Å². The fraction of sp³-hybridized carbons (Fsp3) is 0.391. The first-order chi connectivity index (χ1) is 16.1. The second kappa shape index (κ2) is 8.21. The molecule has 11 heteroatoms. The van der Waals surface area contributed by atoms with E-state index in [9.17, 15) is 26.3 Å². The number of hydrogen-bond acceptors (Lipinski definition) is 4. The molecule has 5 nitrogen and oxygen atoms in total. The molecule has 2 saturated carbocycles. The minimum absolute atomic E-state index is 0.186. The van der Waals surface area contributed by atoms with Crippen LogP contribution >= 0.6 is 0 Å². The Labute approximate surface area is 190 Å². The number of ether oxygens (including phenoxy) is 2. The van der Waals surface area contributed by atoms with Gasteiger partial charge in [0.2, 0.25) is 0 Å². The molecule has 1 aromatic carbocycles. The number of allylic oxidation sites excluding steroid dienone is 1. The van der Waals surface area contributed by atoms with Crippen molar-refractivity contribution in [2.45, 2.75) is 44.1 Å². The lowest BCUT2D eigenvalue weighted by molar-refractivity contribution is -0.274. The van der Waals surface area contributed by atoms with E-state index in [1.54, 1.807) is 18.2 Å². The Morgan fingerprint density at radius 3 is 2.47 bits per heavy atom. The van der Waals surface area contributed by atoms with Gasteiger partial charge in [-0.3, -0.25) is 4.40 Å². The van der Waals surface area contributed by atoms with E-state index in [1.165, 1.54) is 28.8 Å². The number of fused-ring (bicyclic) bond motifs is 1. The first-order valence-electron chi connectivity index (χ1n) is 10.7. The average Bonchev–Trinajstić information content (AvgIpc) is 3.66. The van der Waals surface area contributed by atoms with Gasteiger partial charge in [-0.2, -0.15) is 13.2 Å². The summed E-state index contributed by atoms with van der Waals surface area (Å²) < 4.78 is 90.2. The predicted octanol–water partition coefficient (Wildman–Crippen LogP) is 6.30. The molecule has 0 bridgehead atoms. The van der Waals surface area contributed by atoms with E-state index in [2.05, 4.69) is 14.9 Å². The van der Waals surface area contributed by atoms with Crippen molar-refractivity contribution in [1.82, 2.24) is 14.6 Å². The van der Waals surface area contributed by atoms with Gasteiger partial charge in [0.25, 0.3) is 0 Å². The molecular formula is C23H19F6N3O2. The summed E-state index contributed by atoms with van der Waals surface area (Å²) in [6.07, 6.45) is -2.24. The van der Waals surface area contributed by atoms with Crippen LogP contribution in [0.3, 0.4) is 0 Å². The Morgan fingerprint density at radius 2 is 1.76 bits per heavy atom. The second-order valence-electron chi connectivity index (χ2n) is 8.55. The largest absolute Gasteiger partial charge is 0.573 e. The summed E-state index contributed by atoms with van der Waals surface area (Å²) in [5, 5.41) is 7.69. The molecular weight excluding hydrogens is 464 g/mol. The van der Waals surface area contributed by atoms with Crippen LogP contribution in [-0.4, -0.2) is 21.0 Å². The fourth-order valence-electron chi connectivity index (χ4n) is 4.07. The van der Waals surface area contributed by atoms with Gasteiger partial charge < -0.3 is 9.47 Å². The van der Waals surface area contributed by atoms with Crippen LogP contribution in [0.1, 0.15) is 42.1 Å². The zero-order chi connectivity index (χ0) is 24.1. The van der Waals surface area contributed by atoms with Gasteiger partial charge in [0, 0.05) is 12.6 Å². The molecule has 2 fully saturated rings. The average molecular weight is 483 g/mol. The summed E-state index contributed by atoms with van der Waals surface area (Å²) in [5.41, 5.74) is -0.958. The minimum Gasteiger partial charge on any atom is -0.464 e. The molecule has 0 spiro atoms. The van der Waals surface area contributed by atoms with E-state index in [1.807, 2.05) is 0 Å². The molecule has 2 heterocycles. The first-order valence-corrected chi connectivity index (χ1v) is 10.7. The van der Waals surface area contributed by atoms with Crippen molar-refractivity contribution in [2.75, 3.05) is 0 Å². The summed E-state index contributed by atoms with van der Waals surface area (Å²) >= 11 is 0. The third-order valence-corrected chi connectivity index (χ3v) is 5.97. The monoisotopic (exact) mass is 483 g/mol. The number of para-hydroxylation sites is 1. The number of nitrogens with zero attached hydrogens (tertiary/aromatic N) is 3. The molecule has 3 aromatic rings. The molecule has 0 saturated heterocycles. The maximum atomic E-state index is 13.8. The summed E-state index contributed by atoms with van der Waals surface area (Å²) in [4.78, 5) is 0. The highest BCUT2D eigenvalue weighted by molar-refractivity contribution is 5.57. The fourth-order valence-corrected chi connectivity index (χ4v) is 4.07. The smallest absolute Gasteiger partial charge is 0.464 e. The van der Waals surface area contributed by atoms with Crippen LogP contribution in [0.15, 0.2) is 48.9 Å². The zero-order valence-electron chi connectivity index (χ0n) is 17.6. The van der Waals surface area contributed by atoms with Crippen molar-refractivity contribution < 1.29 is 35.8 Å². The standard InChI is InChI=1S/C23H19F6N3O2/c24-22(25,26)20-18(7-9-32-19(11-13-5-6-13)30-31-21(20)32)33-10-8-14-12-16(14)15-3-1-2-4-17(15)34-23(27,28)29/h1-4,7-10,13-14,16H,5-6,11-12H2/b10-8+/t14?,16-/m0/s1. The third kappa shape index (κ3) is 4.83. The number of pyridine rings is 1. The Bertz CT molecular complexity index is 1230. The Balaban J connectivity index is 1.33. The lowest BCUT2D eigenvalue weighted by Gasteiger charge is -2.13. The first kappa shape index (κ1) is 22.5. The van der Waals surface area contributed by atoms with Crippen molar-refractivity contribution in [1.29, 1.82) is 0 Å². The highest BCUT2D eigenvalue weighted by atomic mass is 19.4. The minimum atomic E-state index is -4.81. The van der Waals surface area contributed by atoms with Crippen molar-refractivity contribution in [3.8, 4) is 11.5 Å². The maximum Gasteiger partial charge on any atom is 0.573 e. The van der Waals surface area contributed by atoms with E-state index in [0.29, 0.717) is 30.1 Å². The number of halogens is 6. The molecule has 1 unspecified atom stereocenters. The van der Waals surface area contributed by atoms with Crippen LogP contribution in [0, 0.1) is 11.8 Å². The molecule has 0 N–H and O–H groups in total. The van der Waals surface area contributed by atoms with Crippen LogP contribution < -0.4 is 9.47 Å². The van der Waals surface area contributed by atoms with Crippen LogP contribution in [0.25, 0.3) is 5.65 Å². The predicted molar refractivity (Wildman–Crippen MR) is 108 cm³/mol. The zero-order valence-corrected chi connectivity index (χ0v) is 17.6. The molecule has 180 valence electrons. The molecule has 2 aliphatic carbocycles. The van der Waals surface area contributed by atoms with Crippen molar-refractivity contribution in [3.05, 3.63) is 65.8 Å². The lowest BCUT2D eigenvalue weighted by atomic mass is 10.1. The van der Waals surface area contributed by atoms with Crippen LogP contribution in [0.4, 0.5) is 26.3 Å². The van der Waals surface area contributed by atoms with E-state index < -0.39 is 23.9 Å². The summed E-state index contributed by atoms with van der Waals surface area (Å²) in [7, 11) is 0. The summed E-state index contributed by atoms with van der Waals surface area (Å²) in [6.45, 7) is 0. The second-order valence-corrected chi connectivity index (χ2v) is 8.55. The maximum absolute atomic E-state index is 13.8. The number of hydrogen-bond donors (Lipinski definition) is 0. The Kier molecular flexibility index (Phi) is 5.44. The van der Waals surface area contributed by atoms with Gasteiger partial charge in [-0.05, 0) is 60.8 Å². The molecule has 5 rings (SSSR count). The van der Waals surface area contributed by atoms with Gasteiger partial charge in [0.15, 0.2) is 5.65 Å². The Morgan fingerprint density at radius 1 is 1.00 bits per heavy atom. The van der Waals surface area contributed by atoms with Gasteiger partial charge >= 0.3 is 12.5 Å². The van der Waals surface area contributed by atoms with Crippen LogP contribution in [0.2, 0.25) is 0 Å². The van der Waals surface area contributed by atoms with Gasteiger partial charge in [-0.25, -0.2) is 0 Å². The number of benzene rings is 1. The van der Waals surface area contributed by atoms with Gasteiger partial charge in [0.1, 0.15) is 22.9 Å². The van der Waals surface area contributed by atoms with E-state index in [4.69, 9.17) is 4.74 Å². The molecule has 34 heavy (non-hydrogen) atoms. The van der Waals surface area contributed by atoms with E-state index >= 15 is 0 Å². The topological polar surface area (TPSA) is 48.7 Å². The van der Waals surface area contributed by atoms with Crippen LogP contribution in [0.5, 0.6) is 11.5 Å². The van der Waals surface area contributed by atoms with Crippen molar-refractivity contribution in [3.63, 3.8) is 0 Å². The number of aromatic nitrogens is 3. The lowest BCUT2D eigenvalue weighted by Crippen LogP contribution is -2.18. The van der Waals surface area contributed by atoms with Gasteiger partial charge in [-0.15, -0.1) is 23.4 Å². The van der Waals surface area contributed by atoms with Crippen molar-refractivity contribution >= 4 is 5.65 Å². The van der Waals surface area contributed by atoms with Gasteiger partial charge in [-0.1, -0.05) is 18.2 Å². The summed E-state index contributed by atoms with van der Waals surface area (Å²) in [5.74, 6) is -0.224. The van der Waals surface area contributed by atoms with Crippen molar-refractivity contribution in [2.24, 2.45) is 11.8 Å². The molecule has 0 amide bonds. The third-order valence-electron chi connectivity index (χ3n) is 5.97. The highest BCUT2D eigenvalue weighted by Gasteiger charge is 2.41. The normalized spacial score (nSPS) is 20.8. The molecule has 2 atom stereocenters. The van der Waals surface area contributed by atoms with E-state index in [0.717, 1.165) is 19.1 Å². The molecule has 0 radical (unpaired) electrons. The quantitative estimate of drug-likeness (QED) is 0.293. The Hall–Kier alpha value is -3.24. The SMILES string of the molecule is FC(F)(F)Oc1ccccc1[C@H]1CC1/C=C/Oc1ccn2c(CC3CC3)nnc2c1C(F)(F)F. The molecule has 2 aromatic heterocycles. The number of rotatable bonds is 7.